The molecule has 0 bridgehead atoms. The number of benzene rings is 1. The molecule has 9 heteroatoms. The largest absolute Gasteiger partial charge is 0.444 e. The van der Waals surface area contributed by atoms with E-state index in [0.29, 0.717) is 19.6 Å². The molecule has 0 aliphatic carbocycles. The van der Waals surface area contributed by atoms with Gasteiger partial charge in [0, 0.05) is 6.54 Å². The second-order valence-corrected chi connectivity index (χ2v) is 7.44. The highest BCUT2D eigenvalue weighted by Crippen LogP contribution is 2.21. The number of nitrogens with zero attached hydrogens (tertiary/aromatic N) is 3. The second kappa shape index (κ2) is 9.43. The first-order chi connectivity index (χ1) is 12.8. The van der Waals surface area contributed by atoms with Gasteiger partial charge < -0.3 is 10.5 Å². The van der Waals surface area contributed by atoms with Gasteiger partial charge in [-0.05, 0) is 39.2 Å². The molecule has 148 valence electrons. The quantitative estimate of drug-likeness (QED) is 0.305. The molecule has 1 fully saturated rings. The fraction of sp³-hybridized carbons (Fsp3) is 0.556. The maximum atomic E-state index is 12.6. The molecule has 2 rings (SSSR count). The van der Waals surface area contributed by atoms with Crippen LogP contribution in [0.4, 0.5) is 4.79 Å². The minimum Gasteiger partial charge on any atom is -0.444 e. The number of piperidine rings is 1. The predicted octanol–water partition coefficient (Wildman–Crippen LogP) is 2.78. The predicted molar refractivity (Wildman–Crippen MR) is 101 cm³/mol. The van der Waals surface area contributed by atoms with Crippen LogP contribution in [0.2, 0.25) is 0 Å². The zero-order chi connectivity index (χ0) is 19.9. The van der Waals surface area contributed by atoms with Crippen molar-refractivity contribution in [3.05, 3.63) is 35.9 Å². The monoisotopic (exact) mass is 376 g/mol. The van der Waals surface area contributed by atoms with Crippen LogP contribution in [0.5, 0.6) is 0 Å². The van der Waals surface area contributed by atoms with Crippen molar-refractivity contribution in [2.75, 3.05) is 6.54 Å². The molecule has 0 aromatic heterocycles. The Balaban J connectivity index is 1.99. The standard InChI is InChI=1S/C18H28N6O3/c1-18(2,3)27-17(25)24-11-14(9-10-15(24)16(19)21-23-20)22-26-12-13-7-5-4-6-8-13/h4-8,14-15,22H,9-12H2,1-3H3,(H3,19,20,21)/t14-,15+/m1/s1. The summed E-state index contributed by atoms with van der Waals surface area (Å²) in [6.45, 7) is 6.19. The molecular formula is C18H28N6O3. The molecule has 1 aliphatic rings. The number of likely N-dealkylation sites (tertiary alicyclic amines) is 1. The Morgan fingerprint density at radius 2 is 2.04 bits per heavy atom. The molecule has 4 N–H and O–H groups in total. The number of nitrogens with one attached hydrogen (secondary N) is 2. The van der Waals surface area contributed by atoms with Gasteiger partial charge in [0.25, 0.3) is 0 Å². The summed E-state index contributed by atoms with van der Waals surface area (Å²) < 4.78 is 5.49. The summed E-state index contributed by atoms with van der Waals surface area (Å²) in [6, 6.07) is 9.28. The lowest BCUT2D eigenvalue weighted by atomic mass is 9.98. The van der Waals surface area contributed by atoms with Gasteiger partial charge >= 0.3 is 6.09 Å². The molecule has 1 saturated heterocycles. The molecule has 0 spiro atoms. The molecule has 0 radical (unpaired) electrons. The van der Waals surface area contributed by atoms with Crippen LogP contribution < -0.4 is 11.2 Å². The summed E-state index contributed by atoms with van der Waals surface area (Å²) in [5.74, 6) is 0.125. The van der Waals surface area contributed by atoms with Crippen LogP contribution in [-0.4, -0.2) is 41.1 Å². The first kappa shape index (κ1) is 20.8. The number of ether oxygens (including phenoxy) is 1. The summed E-state index contributed by atoms with van der Waals surface area (Å²) in [5.41, 5.74) is 16.2. The number of hydroxylamine groups is 1. The molecule has 0 saturated carbocycles. The molecule has 1 amide bonds. The highest BCUT2D eigenvalue weighted by molar-refractivity contribution is 5.89. The van der Waals surface area contributed by atoms with Gasteiger partial charge in [-0.2, -0.15) is 11.0 Å². The van der Waals surface area contributed by atoms with Crippen LogP contribution in [0.1, 0.15) is 39.2 Å². The van der Waals surface area contributed by atoms with E-state index in [2.05, 4.69) is 15.8 Å². The van der Waals surface area contributed by atoms with E-state index in [-0.39, 0.29) is 11.9 Å². The van der Waals surface area contributed by atoms with Crippen molar-refractivity contribution in [1.29, 1.82) is 5.53 Å². The Labute approximate surface area is 159 Å². The Morgan fingerprint density at radius 3 is 2.67 bits per heavy atom. The van der Waals surface area contributed by atoms with Gasteiger partial charge in [0.15, 0.2) is 0 Å². The van der Waals surface area contributed by atoms with Gasteiger partial charge in [0.05, 0.1) is 18.7 Å². The lowest BCUT2D eigenvalue weighted by Crippen LogP contribution is -2.57. The first-order valence-electron chi connectivity index (χ1n) is 8.91. The molecule has 1 aromatic rings. The summed E-state index contributed by atoms with van der Waals surface area (Å²) in [4.78, 5) is 19.7. The molecule has 0 unspecified atom stereocenters. The van der Waals surface area contributed by atoms with Gasteiger partial charge in [-0.15, -0.1) is 5.10 Å². The van der Waals surface area contributed by atoms with E-state index in [9.17, 15) is 4.79 Å². The van der Waals surface area contributed by atoms with E-state index in [1.165, 1.54) is 4.90 Å². The van der Waals surface area contributed by atoms with Crippen LogP contribution >= 0.6 is 0 Å². The van der Waals surface area contributed by atoms with Crippen molar-refractivity contribution in [3.63, 3.8) is 0 Å². The maximum absolute atomic E-state index is 12.6. The third kappa shape index (κ3) is 6.61. The van der Waals surface area contributed by atoms with Gasteiger partial charge in [-0.25, -0.2) is 4.79 Å². The lowest BCUT2D eigenvalue weighted by molar-refractivity contribution is -0.0273. The maximum Gasteiger partial charge on any atom is 0.410 e. The molecular weight excluding hydrogens is 348 g/mol. The fourth-order valence-electron chi connectivity index (χ4n) is 2.84. The van der Waals surface area contributed by atoms with Gasteiger partial charge in [0.2, 0.25) is 0 Å². The number of carbonyl (C=O) groups excluding carboxylic acids is 1. The summed E-state index contributed by atoms with van der Waals surface area (Å²) in [7, 11) is 0. The Morgan fingerprint density at radius 1 is 1.33 bits per heavy atom. The number of hydrogen-bond donors (Lipinski definition) is 3. The van der Waals surface area contributed by atoms with Crippen molar-refractivity contribution >= 4 is 11.9 Å². The Bertz CT molecular complexity index is 659. The average Bonchev–Trinajstić information content (AvgIpc) is 2.61. The molecule has 1 aliphatic heterocycles. The third-order valence-electron chi connectivity index (χ3n) is 4.05. The molecule has 1 aromatic carbocycles. The number of amidine groups is 1. The van der Waals surface area contributed by atoms with E-state index in [4.69, 9.17) is 20.8 Å². The van der Waals surface area contributed by atoms with Crippen LogP contribution in [-0.2, 0) is 16.2 Å². The number of hydrogen-bond acceptors (Lipinski definition) is 6. The van der Waals surface area contributed by atoms with E-state index in [1.807, 2.05) is 30.3 Å². The van der Waals surface area contributed by atoms with Crippen molar-refractivity contribution in [2.45, 2.75) is 57.9 Å². The van der Waals surface area contributed by atoms with Crippen molar-refractivity contribution in [3.8, 4) is 0 Å². The Kier molecular flexibility index (Phi) is 7.26. The zero-order valence-corrected chi connectivity index (χ0v) is 16.0. The topological polar surface area (TPSA) is 125 Å². The van der Waals surface area contributed by atoms with E-state index >= 15 is 0 Å². The smallest absolute Gasteiger partial charge is 0.410 e. The van der Waals surface area contributed by atoms with Crippen LogP contribution in [0.15, 0.2) is 40.7 Å². The SMILES string of the molecule is CC(C)(C)OC(=O)N1C[C@H](NOCc2ccccc2)CC[C@H]1/C(N)=N/N=N. The number of rotatable bonds is 6. The number of amides is 1. The zero-order valence-electron chi connectivity index (χ0n) is 16.0. The normalized spacial score (nSPS) is 21.0. The Hall–Kier alpha value is -2.52. The van der Waals surface area contributed by atoms with Crippen LogP contribution in [0.3, 0.4) is 0 Å². The van der Waals surface area contributed by atoms with Crippen molar-refractivity contribution in [1.82, 2.24) is 10.4 Å². The average molecular weight is 376 g/mol. The number of carbonyl (C=O) groups is 1. The minimum absolute atomic E-state index is 0.0711. The molecule has 2 atom stereocenters. The van der Waals surface area contributed by atoms with Gasteiger partial charge in [-0.3, -0.25) is 9.74 Å². The molecule has 1 heterocycles. The lowest BCUT2D eigenvalue weighted by Gasteiger charge is -2.39. The van der Waals surface area contributed by atoms with E-state index in [1.54, 1.807) is 20.8 Å². The highest BCUT2D eigenvalue weighted by Gasteiger charge is 2.36. The van der Waals surface area contributed by atoms with Crippen LogP contribution in [0, 0.1) is 5.53 Å². The summed E-state index contributed by atoms with van der Waals surface area (Å²) in [5, 5.41) is 6.56. The summed E-state index contributed by atoms with van der Waals surface area (Å²) >= 11 is 0. The number of nitrogens with two attached hydrogens (primary N) is 1. The third-order valence-corrected chi connectivity index (χ3v) is 4.05. The van der Waals surface area contributed by atoms with E-state index in [0.717, 1.165) is 12.0 Å². The second-order valence-electron chi connectivity index (χ2n) is 7.44. The van der Waals surface area contributed by atoms with Gasteiger partial charge in [-0.1, -0.05) is 35.6 Å². The van der Waals surface area contributed by atoms with E-state index < -0.39 is 17.7 Å². The summed E-state index contributed by atoms with van der Waals surface area (Å²) in [6.07, 6.45) is 0.814. The molecule has 27 heavy (non-hydrogen) atoms. The van der Waals surface area contributed by atoms with Crippen molar-refractivity contribution < 1.29 is 14.4 Å². The first-order valence-corrected chi connectivity index (χ1v) is 8.91. The highest BCUT2D eigenvalue weighted by atomic mass is 16.6. The fourth-order valence-corrected chi connectivity index (χ4v) is 2.84. The minimum atomic E-state index is -0.627. The molecule has 9 nitrogen and oxygen atoms in total. The van der Waals surface area contributed by atoms with Crippen molar-refractivity contribution in [2.24, 2.45) is 16.1 Å². The van der Waals surface area contributed by atoms with Gasteiger partial charge in [0.1, 0.15) is 11.4 Å². The van der Waals surface area contributed by atoms with Crippen LogP contribution in [0.25, 0.3) is 0 Å².